The molecule has 1 aliphatic rings. The van der Waals surface area contributed by atoms with Crippen LogP contribution in [0.2, 0.25) is 0 Å². The van der Waals surface area contributed by atoms with Gasteiger partial charge in [0, 0.05) is 32.2 Å². The third-order valence-corrected chi connectivity index (χ3v) is 7.97. The van der Waals surface area contributed by atoms with Crippen molar-refractivity contribution in [2.24, 2.45) is 7.05 Å². The van der Waals surface area contributed by atoms with Gasteiger partial charge in [-0.2, -0.15) is 5.26 Å². The van der Waals surface area contributed by atoms with Gasteiger partial charge in [0.25, 0.3) is 11.4 Å². The second-order valence-corrected chi connectivity index (χ2v) is 10.4. The number of hydrogen-bond donors (Lipinski definition) is 0. The molecule has 0 amide bonds. The van der Waals surface area contributed by atoms with E-state index in [-0.39, 0.29) is 40.9 Å². The summed E-state index contributed by atoms with van der Waals surface area (Å²) >= 11 is 0. The molecule has 1 aliphatic heterocycles. The second-order valence-electron chi connectivity index (χ2n) is 10.4. The Bertz CT molecular complexity index is 1700. The van der Waals surface area contributed by atoms with Crippen LogP contribution in [0.25, 0.3) is 15.9 Å². The number of pyridine rings is 2. The molecular weight excluding hydrogens is 503 g/mol. The van der Waals surface area contributed by atoms with Gasteiger partial charge < -0.3 is 14.3 Å². The van der Waals surface area contributed by atoms with Crippen LogP contribution in [0.5, 0.6) is 0 Å². The summed E-state index contributed by atoms with van der Waals surface area (Å²) in [6, 6.07) is 20.5. The molecule has 0 spiro atoms. The molecule has 0 bridgehead atoms. The molecule has 0 aliphatic carbocycles. The third-order valence-electron chi connectivity index (χ3n) is 7.97. The SMILES string of the molecule is [C-]#[N+]c1ccc2c(n1)c(N1C[C@@H](C)N(C(c3ccc(F)cc3)c3ccc(CC)cc3)C[C@@H]1C)c(C#N)c(=O)n2C. The summed E-state index contributed by atoms with van der Waals surface area (Å²) in [6.07, 6.45) is 0.947. The molecule has 8 heteroatoms. The number of aryl methyl sites for hydroxylation is 2. The van der Waals surface area contributed by atoms with Gasteiger partial charge in [-0.05, 0) is 61.2 Å². The Morgan fingerprint density at radius 1 is 1.05 bits per heavy atom. The molecule has 1 unspecified atom stereocenters. The monoisotopic (exact) mass is 534 g/mol. The number of fused-ring (bicyclic) bond motifs is 1. The molecule has 1 fully saturated rings. The molecule has 0 radical (unpaired) electrons. The molecular formula is C32H31FN6O. The maximum Gasteiger partial charge on any atom is 0.271 e. The van der Waals surface area contributed by atoms with Gasteiger partial charge in [0.2, 0.25) is 5.52 Å². The van der Waals surface area contributed by atoms with Crippen molar-refractivity contribution >= 4 is 22.5 Å². The number of hydrogen-bond acceptors (Lipinski definition) is 5. The summed E-state index contributed by atoms with van der Waals surface area (Å²) in [6.45, 7) is 15.0. The zero-order valence-corrected chi connectivity index (χ0v) is 23.1. The van der Waals surface area contributed by atoms with Crippen LogP contribution in [0.4, 0.5) is 15.9 Å². The normalized spacial score (nSPS) is 18.3. The standard InChI is InChI=1S/C32H31FN6O/c1-6-22-7-9-23(10-8-22)30(24-11-13-25(33)14-12-24)38-18-21(3)39(19-20(38)2)31-26(17-34)32(40)37(5)27-15-16-28(35-4)36-29(27)31/h7-16,20-21,30H,6,18-19H2,1-3,5H3/t20-,21+,30?/m1/s1. The number of benzene rings is 2. The van der Waals surface area contributed by atoms with Crippen molar-refractivity contribution in [1.82, 2.24) is 14.5 Å². The van der Waals surface area contributed by atoms with Crippen LogP contribution < -0.4 is 10.5 Å². The van der Waals surface area contributed by atoms with E-state index in [4.69, 9.17) is 6.57 Å². The van der Waals surface area contributed by atoms with Crippen molar-refractivity contribution < 1.29 is 4.39 Å². The van der Waals surface area contributed by atoms with Crippen molar-refractivity contribution in [3.05, 3.63) is 111 Å². The van der Waals surface area contributed by atoms with E-state index >= 15 is 0 Å². The Morgan fingerprint density at radius 2 is 1.70 bits per heavy atom. The first-order valence-corrected chi connectivity index (χ1v) is 13.4. The first-order chi connectivity index (χ1) is 19.3. The fourth-order valence-electron chi connectivity index (χ4n) is 5.81. The Balaban J connectivity index is 1.60. The summed E-state index contributed by atoms with van der Waals surface area (Å²) < 4.78 is 15.3. The number of nitriles is 1. The topological polar surface area (TPSA) is 69.5 Å². The van der Waals surface area contributed by atoms with Gasteiger partial charge in [-0.15, -0.1) is 4.98 Å². The Morgan fingerprint density at radius 3 is 2.30 bits per heavy atom. The second kappa shape index (κ2) is 10.9. The third kappa shape index (κ3) is 4.72. The highest BCUT2D eigenvalue weighted by Crippen LogP contribution is 2.37. The lowest BCUT2D eigenvalue weighted by molar-refractivity contribution is 0.130. The maximum absolute atomic E-state index is 13.9. The minimum atomic E-state index is -0.384. The summed E-state index contributed by atoms with van der Waals surface area (Å²) in [5, 5.41) is 10.1. The summed E-state index contributed by atoms with van der Waals surface area (Å²) in [7, 11) is 1.62. The van der Waals surface area contributed by atoms with Crippen molar-refractivity contribution in [1.29, 1.82) is 5.26 Å². The van der Waals surface area contributed by atoms with E-state index in [1.54, 1.807) is 19.2 Å². The highest BCUT2D eigenvalue weighted by molar-refractivity contribution is 5.93. The van der Waals surface area contributed by atoms with Gasteiger partial charge in [0.15, 0.2) is 0 Å². The molecule has 3 atom stereocenters. The fourth-order valence-corrected chi connectivity index (χ4v) is 5.81. The van der Waals surface area contributed by atoms with Crippen molar-refractivity contribution in [2.75, 3.05) is 18.0 Å². The predicted molar refractivity (Wildman–Crippen MR) is 155 cm³/mol. The molecule has 5 rings (SSSR count). The molecule has 1 saturated heterocycles. The lowest BCUT2D eigenvalue weighted by atomic mass is 9.92. The van der Waals surface area contributed by atoms with Gasteiger partial charge >= 0.3 is 0 Å². The number of rotatable bonds is 5. The van der Waals surface area contributed by atoms with Crippen LogP contribution in [0.15, 0.2) is 65.5 Å². The summed E-state index contributed by atoms with van der Waals surface area (Å²) in [4.78, 5) is 25.8. The van der Waals surface area contributed by atoms with Crippen LogP contribution in [-0.4, -0.2) is 39.6 Å². The van der Waals surface area contributed by atoms with Gasteiger partial charge in [0.1, 0.15) is 23.1 Å². The van der Waals surface area contributed by atoms with Crippen LogP contribution in [0, 0.1) is 23.7 Å². The number of aromatic nitrogens is 2. The largest absolute Gasteiger partial charge is 0.361 e. The van der Waals surface area contributed by atoms with Crippen molar-refractivity contribution in [3.63, 3.8) is 0 Å². The first-order valence-electron chi connectivity index (χ1n) is 13.4. The molecule has 0 saturated carbocycles. The fraction of sp³-hybridized carbons (Fsp3) is 0.312. The van der Waals surface area contributed by atoms with E-state index in [9.17, 15) is 14.4 Å². The van der Waals surface area contributed by atoms with E-state index < -0.39 is 0 Å². The quantitative estimate of drug-likeness (QED) is 0.305. The lowest BCUT2D eigenvalue weighted by Gasteiger charge is -2.48. The van der Waals surface area contributed by atoms with Crippen LogP contribution in [0.3, 0.4) is 0 Å². The zero-order chi connectivity index (χ0) is 28.6. The average molecular weight is 535 g/mol. The van der Waals surface area contributed by atoms with Crippen LogP contribution in [-0.2, 0) is 13.5 Å². The Kier molecular flexibility index (Phi) is 7.38. The van der Waals surface area contributed by atoms with Crippen molar-refractivity contribution in [3.8, 4) is 6.07 Å². The van der Waals surface area contributed by atoms with Gasteiger partial charge in [-0.25, -0.2) is 4.39 Å². The highest BCUT2D eigenvalue weighted by Gasteiger charge is 2.37. The number of anilines is 1. The van der Waals surface area contributed by atoms with Crippen molar-refractivity contribution in [2.45, 2.75) is 45.3 Å². The van der Waals surface area contributed by atoms with E-state index in [1.807, 2.05) is 12.1 Å². The molecule has 4 aromatic rings. The number of piperazine rings is 1. The molecule has 2 aromatic carbocycles. The average Bonchev–Trinajstić information content (AvgIpc) is 2.97. The molecule has 2 aromatic heterocycles. The smallest absolute Gasteiger partial charge is 0.271 e. The number of nitrogens with zero attached hydrogens (tertiary/aromatic N) is 6. The van der Waals surface area contributed by atoms with Gasteiger partial charge in [-0.3, -0.25) is 9.69 Å². The Labute approximate surface area is 233 Å². The van der Waals surface area contributed by atoms with Crippen LogP contribution in [0.1, 0.15) is 49.1 Å². The molecule has 40 heavy (non-hydrogen) atoms. The van der Waals surface area contributed by atoms with E-state index in [0.717, 1.165) is 17.5 Å². The molecule has 7 nitrogen and oxygen atoms in total. The Hall–Kier alpha value is -4.53. The van der Waals surface area contributed by atoms with Gasteiger partial charge in [-0.1, -0.05) is 49.9 Å². The van der Waals surface area contributed by atoms with E-state index in [0.29, 0.717) is 29.8 Å². The highest BCUT2D eigenvalue weighted by atomic mass is 19.1. The summed E-state index contributed by atoms with van der Waals surface area (Å²) in [5.74, 6) is -0.0644. The van der Waals surface area contributed by atoms with E-state index in [2.05, 4.69) is 70.7 Å². The van der Waals surface area contributed by atoms with E-state index in [1.165, 1.54) is 22.3 Å². The number of halogens is 1. The minimum Gasteiger partial charge on any atom is -0.361 e. The lowest BCUT2D eigenvalue weighted by Crippen LogP contribution is -2.58. The maximum atomic E-state index is 13.9. The van der Waals surface area contributed by atoms with Gasteiger partial charge in [0.05, 0.1) is 11.6 Å². The molecule has 3 heterocycles. The zero-order valence-electron chi connectivity index (χ0n) is 23.1. The minimum absolute atomic E-state index is 0.00630. The van der Waals surface area contributed by atoms with Crippen LogP contribution >= 0.6 is 0 Å². The molecule has 0 N–H and O–H groups in total. The molecule has 202 valence electrons. The first kappa shape index (κ1) is 27.1. The summed E-state index contributed by atoms with van der Waals surface area (Å²) in [5.41, 5.74) is 4.55. The predicted octanol–water partition coefficient (Wildman–Crippen LogP) is 5.75.